The maximum atomic E-state index is 11.7. The number of phenolic OH excluding ortho intramolecular Hbond substituents is 1. The van der Waals surface area contributed by atoms with E-state index in [-0.39, 0.29) is 11.8 Å². The average molecular weight is 364 g/mol. The molecule has 1 unspecified atom stereocenters. The number of hydrogen-bond acceptors (Lipinski definition) is 6. The average Bonchev–Trinajstić information content (AvgIpc) is 3.15. The van der Waals surface area contributed by atoms with Gasteiger partial charge in [0.25, 0.3) is 0 Å². The van der Waals surface area contributed by atoms with Gasteiger partial charge in [-0.2, -0.15) is 5.10 Å². The van der Waals surface area contributed by atoms with Crippen molar-refractivity contribution in [3.63, 3.8) is 0 Å². The van der Waals surface area contributed by atoms with Crippen LogP contribution in [0.1, 0.15) is 34.7 Å². The van der Waals surface area contributed by atoms with Gasteiger partial charge in [-0.05, 0) is 43.2 Å². The van der Waals surface area contributed by atoms with Crippen LogP contribution >= 0.6 is 0 Å². The summed E-state index contributed by atoms with van der Waals surface area (Å²) in [5.74, 6) is 0.893. The lowest BCUT2D eigenvalue weighted by atomic mass is 9.95. The zero-order valence-electron chi connectivity index (χ0n) is 15.4. The fourth-order valence-electron chi connectivity index (χ4n) is 3.46. The summed E-state index contributed by atoms with van der Waals surface area (Å²) in [6.07, 6.45) is 0.640. The molecule has 6 heteroatoms. The largest absolute Gasteiger partial charge is 0.507 e. The van der Waals surface area contributed by atoms with E-state index in [1.807, 2.05) is 37.3 Å². The number of hydrazone groups is 1. The van der Waals surface area contributed by atoms with Gasteiger partial charge in [-0.3, -0.25) is 0 Å². The summed E-state index contributed by atoms with van der Waals surface area (Å²) in [6.45, 7) is 3.60. The van der Waals surface area contributed by atoms with Crippen LogP contribution in [0.15, 0.2) is 50.7 Å². The lowest BCUT2D eigenvalue weighted by Gasteiger charge is -2.12. The third kappa shape index (κ3) is 2.93. The Kier molecular flexibility index (Phi) is 4.11. The van der Waals surface area contributed by atoms with Crippen LogP contribution in [0.2, 0.25) is 0 Å². The molecular weight excluding hydrogens is 344 g/mol. The molecule has 1 aliphatic rings. The fraction of sp³-hybridized carbons (Fsp3) is 0.238. The molecule has 6 nitrogen and oxygen atoms in total. The van der Waals surface area contributed by atoms with E-state index >= 15 is 0 Å². The number of hydrogen-bond donors (Lipinski definition) is 2. The molecule has 4 rings (SSSR count). The first kappa shape index (κ1) is 17.1. The summed E-state index contributed by atoms with van der Waals surface area (Å²) in [5, 5.41) is 15.9. The monoisotopic (exact) mass is 364 g/mol. The Morgan fingerprint density at radius 1 is 1.22 bits per heavy atom. The molecule has 0 fully saturated rings. The van der Waals surface area contributed by atoms with Crippen molar-refractivity contribution in [1.29, 1.82) is 0 Å². The quantitative estimate of drug-likeness (QED) is 0.694. The van der Waals surface area contributed by atoms with Crippen molar-refractivity contribution in [2.75, 3.05) is 7.11 Å². The number of aryl methyl sites for hydroxylation is 2. The minimum absolute atomic E-state index is 0.0242. The highest BCUT2D eigenvalue weighted by molar-refractivity contribution is 6.07. The van der Waals surface area contributed by atoms with Crippen LogP contribution in [-0.2, 0) is 0 Å². The van der Waals surface area contributed by atoms with Gasteiger partial charge in [0.15, 0.2) is 0 Å². The van der Waals surface area contributed by atoms with Gasteiger partial charge in [-0.25, -0.2) is 4.79 Å². The van der Waals surface area contributed by atoms with E-state index < -0.39 is 5.63 Å². The molecule has 2 heterocycles. The molecule has 27 heavy (non-hydrogen) atoms. The summed E-state index contributed by atoms with van der Waals surface area (Å²) in [5.41, 5.74) is 7.00. The first-order valence-electron chi connectivity index (χ1n) is 8.71. The molecule has 1 aromatic heterocycles. The summed E-state index contributed by atoms with van der Waals surface area (Å²) >= 11 is 0. The van der Waals surface area contributed by atoms with Crippen molar-refractivity contribution in [3.05, 3.63) is 69.1 Å². The standard InChI is InChI=1S/C21H20N2O4/c1-11-8-19(24)27-21-12(2)20(25)16(9-15(11)21)18-10-17(22-23-18)13-4-6-14(26-3)7-5-13/h4-9,17,22,25H,10H2,1-3H3. The molecule has 1 aliphatic heterocycles. The second kappa shape index (κ2) is 6.46. The number of nitrogens with one attached hydrogen (secondary N) is 1. The van der Waals surface area contributed by atoms with Crippen molar-refractivity contribution in [2.24, 2.45) is 5.10 Å². The predicted molar refractivity (Wildman–Crippen MR) is 104 cm³/mol. The van der Waals surface area contributed by atoms with E-state index in [1.165, 1.54) is 6.07 Å². The topological polar surface area (TPSA) is 84.1 Å². The first-order valence-corrected chi connectivity index (χ1v) is 8.71. The summed E-state index contributed by atoms with van der Waals surface area (Å²) in [7, 11) is 1.64. The van der Waals surface area contributed by atoms with Gasteiger partial charge < -0.3 is 19.7 Å². The van der Waals surface area contributed by atoms with Gasteiger partial charge in [-0.15, -0.1) is 0 Å². The molecule has 138 valence electrons. The lowest BCUT2D eigenvalue weighted by Crippen LogP contribution is -2.10. The smallest absolute Gasteiger partial charge is 0.336 e. The minimum Gasteiger partial charge on any atom is -0.507 e. The highest BCUT2D eigenvalue weighted by Gasteiger charge is 2.25. The van der Waals surface area contributed by atoms with Crippen LogP contribution in [0, 0.1) is 13.8 Å². The third-order valence-electron chi connectivity index (χ3n) is 5.03. The van der Waals surface area contributed by atoms with Gasteiger partial charge in [0.05, 0.1) is 18.9 Å². The van der Waals surface area contributed by atoms with Crippen LogP contribution < -0.4 is 15.8 Å². The number of benzene rings is 2. The molecule has 2 N–H and O–H groups in total. The molecule has 0 radical (unpaired) electrons. The van der Waals surface area contributed by atoms with Crippen molar-refractivity contribution in [3.8, 4) is 11.5 Å². The van der Waals surface area contributed by atoms with Crippen molar-refractivity contribution < 1.29 is 14.3 Å². The Morgan fingerprint density at radius 2 is 1.96 bits per heavy atom. The van der Waals surface area contributed by atoms with Crippen LogP contribution in [0.25, 0.3) is 11.0 Å². The van der Waals surface area contributed by atoms with Crippen LogP contribution in [-0.4, -0.2) is 17.9 Å². The lowest BCUT2D eigenvalue weighted by molar-refractivity contribution is 0.414. The molecule has 0 spiro atoms. The number of methoxy groups -OCH3 is 1. The second-order valence-corrected chi connectivity index (χ2v) is 6.74. The molecule has 2 aromatic carbocycles. The minimum atomic E-state index is -0.422. The Hall–Kier alpha value is -3.28. The van der Waals surface area contributed by atoms with Crippen LogP contribution in [0.5, 0.6) is 11.5 Å². The van der Waals surface area contributed by atoms with Gasteiger partial charge in [0.1, 0.15) is 17.1 Å². The van der Waals surface area contributed by atoms with Gasteiger partial charge in [-0.1, -0.05) is 12.1 Å². The number of rotatable bonds is 3. The van der Waals surface area contributed by atoms with Crippen molar-refractivity contribution in [1.82, 2.24) is 5.43 Å². The highest BCUT2D eigenvalue weighted by atomic mass is 16.5. The second-order valence-electron chi connectivity index (χ2n) is 6.74. The number of fused-ring (bicyclic) bond motifs is 1. The zero-order chi connectivity index (χ0) is 19.1. The molecule has 1 atom stereocenters. The normalized spacial score (nSPS) is 16.3. The van der Waals surface area contributed by atoms with Crippen LogP contribution in [0.3, 0.4) is 0 Å². The van der Waals surface area contributed by atoms with Gasteiger partial charge >= 0.3 is 5.63 Å². The third-order valence-corrected chi connectivity index (χ3v) is 5.03. The van der Waals surface area contributed by atoms with Crippen LogP contribution in [0.4, 0.5) is 0 Å². The highest BCUT2D eigenvalue weighted by Crippen LogP contribution is 2.35. The van der Waals surface area contributed by atoms with E-state index in [4.69, 9.17) is 9.15 Å². The SMILES string of the molecule is COc1ccc(C2CC(c3cc4c(C)cc(=O)oc4c(C)c3O)=NN2)cc1. The van der Waals surface area contributed by atoms with E-state index in [9.17, 15) is 9.90 Å². The summed E-state index contributed by atoms with van der Waals surface area (Å²) in [4.78, 5) is 11.7. The Balaban J connectivity index is 1.70. The van der Waals surface area contributed by atoms with Gasteiger partial charge in [0.2, 0.25) is 0 Å². The maximum absolute atomic E-state index is 11.7. The molecule has 0 saturated carbocycles. The predicted octanol–water partition coefficient (Wildman–Crippen LogP) is 3.56. The Labute approximate surface area is 156 Å². The molecular formula is C21H20N2O4. The van der Waals surface area contributed by atoms with Crippen molar-refractivity contribution >= 4 is 16.7 Å². The Morgan fingerprint density at radius 3 is 2.67 bits per heavy atom. The Bertz CT molecular complexity index is 1110. The number of nitrogens with zero attached hydrogens (tertiary/aromatic N) is 1. The zero-order valence-corrected chi connectivity index (χ0v) is 15.4. The van der Waals surface area contributed by atoms with Gasteiger partial charge in [0, 0.05) is 29.0 Å². The maximum Gasteiger partial charge on any atom is 0.336 e. The first-order chi connectivity index (χ1) is 13.0. The van der Waals surface area contributed by atoms with Crippen molar-refractivity contribution in [2.45, 2.75) is 26.3 Å². The molecule has 0 aliphatic carbocycles. The number of ether oxygens (including phenoxy) is 1. The number of phenols is 1. The molecule has 0 saturated heterocycles. The molecule has 3 aromatic rings. The summed E-state index contributed by atoms with van der Waals surface area (Å²) < 4.78 is 10.5. The molecule has 0 bridgehead atoms. The van der Waals surface area contributed by atoms with E-state index in [2.05, 4.69) is 10.5 Å². The summed E-state index contributed by atoms with van der Waals surface area (Å²) in [6, 6.07) is 11.1. The van der Waals surface area contributed by atoms with E-state index in [1.54, 1.807) is 14.0 Å². The van der Waals surface area contributed by atoms with E-state index in [0.29, 0.717) is 23.1 Å². The number of aromatic hydroxyl groups is 1. The fourth-order valence-corrected chi connectivity index (χ4v) is 3.46. The molecule has 0 amide bonds. The van der Waals surface area contributed by atoms with E-state index in [0.717, 1.165) is 28.0 Å².